The van der Waals surface area contributed by atoms with Crippen LogP contribution >= 0.6 is 11.8 Å². The van der Waals surface area contributed by atoms with Crippen molar-refractivity contribution in [2.75, 3.05) is 19.7 Å². The minimum Gasteiger partial charge on any atom is -0.494 e. The Morgan fingerprint density at radius 1 is 1.03 bits per heavy atom. The fraction of sp³-hybridized carbons (Fsp3) is 0.138. The van der Waals surface area contributed by atoms with Crippen molar-refractivity contribution in [2.24, 2.45) is 4.99 Å². The number of carbonyl (C=O) groups excluding carboxylic acids is 2. The van der Waals surface area contributed by atoms with Gasteiger partial charge in [0.1, 0.15) is 5.75 Å². The molecule has 2 aromatic carbocycles. The van der Waals surface area contributed by atoms with Gasteiger partial charge in [0.15, 0.2) is 0 Å². The Morgan fingerprint density at radius 3 is 2.51 bits per heavy atom. The van der Waals surface area contributed by atoms with Gasteiger partial charge in [0.05, 0.1) is 29.3 Å². The Kier molecular flexibility index (Phi) is 7.55. The Morgan fingerprint density at radius 2 is 1.79 bits per heavy atom. The molecule has 0 aliphatic carbocycles. The quantitative estimate of drug-likeness (QED) is 0.256. The molecule has 0 radical (unpaired) electrons. The van der Waals surface area contributed by atoms with Crippen molar-refractivity contribution in [3.8, 4) is 17.3 Å². The Bertz CT molecular complexity index is 1660. The minimum atomic E-state index is -0.388. The topological polar surface area (TPSA) is 114 Å². The highest BCUT2D eigenvalue weighted by Crippen LogP contribution is 2.32. The summed E-state index contributed by atoms with van der Waals surface area (Å²) >= 11 is 0.872. The molecule has 5 rings (SSSR count). The highest BCUT2D eigenvalue weighted by atomic mass is 32.2. The lowest BCUT2D eigenvalue weighted by atomic mass is 10.1. The number of ether oxygens (including phenoxy) is 1. The minimum absolute atomic E-state index is 0.0722. The van der Waals surface area contributed by atoms with Crippen molar-refractivity contribution >= 4 is 46.0 Å². The first-order chi connectivity index (χ1) is 19.0. The first-order valence-electron chi connectivity index (χ1n) is 12.2. The van der Waals surface area contributed by atoms with E-state index < -0.39 is 0 Å². The monoisotopic (exact) mass is 540 g/mol. The van der Waals surface area contributed by atoms with E-state index in [1.807, 2.05) is 6.92 Å². The standard InChI is InChI=1S/C29H24N4O5S/c1-2-38-21-11-9-20(10-12-21)33-26(34)23-8-4-3-7-22(23)24(27(33)35)18-31-14-15-32-28(36)25(39-29(32)37)16-19-6-5-13-30-17-19/h3-13,16-18,35H,2,14-15H2,1H3/b25-16+,31-18?. The molecule has 1 aliphatic heterocycles. The van der Waals surface area contributed by atoms with E-state index in [2.05, 4.69) is 9.98 Å². The molecule has 10 heteroatoms. The number of pyridine rings is 2. The third-order valence-electron chi connectivity index (χ3n) is 6.04. The second-order valence-electron chi connectivity index (χ2n) is 8.51. The van der Waals surface area contributed by atoms with Crippen molar-refractivity contribution in [1.82, 2.24) is 14.5 Å². The van der Waals surface area contributed by atoms with Gasteiger partial charge in [-0.25, -0.2) is 4.57 Å². The number of fused-ring (bicyclic) bond motifs is 1. The zero-order chi connectivity index (χ0) is 27.4. The number of rotatable bonds is 8. The van der Waals surface area contributed by atoms with Gasteiger partial charge in [0.25, 0.3) is 16.7 Å². The molecule has 1 N–H and O–H groups in total. The summed E-state index contributed by atoms with van der Waals surface area (Å²) in [5, 5.41) is 11.7. The van der Waals surface area contributed by atoms with Gasteiger partial charge in [0, 0.05) is 35.9 Å². The van der Waals surface area contributed by atoms with Gasteiger partial charge < -0.3 is 9.84 Å². The van der Waals surface area contributed by atoms with Crippen LogP contribution in [0.2, 0.25) is 0 Å². The van der Waals surface area contributed by atoms with Crippen molar-refractivity contribution < 1.29 is 19.4 Å². The molecule has 1 fully saturated rings. The van der Waals surface area contributed by atoms with Crippen LogP contribution in [0.5, 0.6) is 11.6 Å². The van der Waals surface area contributed by atoms with Gasteiger partial charge in [-0.05, 0) is 66.7 Å². The second kappa shape index (κ2) is 11.4. The fourth-order valence-corrected chi connectivity index (χ4v) is 5.07. The second-order valence-corrected chi connectivity index (χ2v) is 9.50. The van der Waals surface area contributed by atoms with Crippen LogP contribution in [0.3, 0.4) is 0 Å². The molecule has 0 bridgehead atoms. The van der Waals surface area contributed by atoms with Gasteiger partial charge in [-0.2, -0.15) is 0 Å². The smallest absolute Gasteiger partial charge is 0.293 e. The Hall–Kier alpha value is -4.70. The lowest BCUT2D eigenvalue weighted by Gasteiger charge is -2.14. The van der Waals surface area contributed by atoms with E-state index in [-0.39, 0.29) is 35.7 Å². The van der Waals surface area contributed by atoms with Crippen LogP contribution < -0.4 is 10.3 Å². The normalized spacial score (nSPS) is 14.7. The lowest BCUT2D eigenvalue weighted by Crippen LogP contribution is -2.30. The Balaban J connectivity index is 1.40. The van der Waals surface area contributed by atoms with Crippen LogP contribution in [0.1, 0.15) is 18.1 Å². The van der Waals surface area contributed by atoms with Crippen LogP contribution in [0.25, 0.3) is 22.5 Å². The summed E-state index contributed by atoms with van der Waals surface area (Å²) in [5.74, 6) is -0.00227. The molecule has 0 unspecified atom stereocenters. The first kappa shape index (κ1) is 25.9. The Labute approximate surface area is 228 Å². The van der Waals surface area contributed by atoms with Gasteiger partial charge in [-0.3, -0.25) is 29.3 Å². The van der Waals surface area contributed by atoms with E-state index in [0.29, 0.717) is 39.3 Å². The number of aromatic nitrogens is 2. The number of carbonyl (C=O) groups is 2. The number of hydrogen-bond donors (Lipinski definition) is 1. The number of benzene rings is 2. The average Bonchev–Trinajstić information content (AvgIpc) is 3.21. The van der Waals surface area contributed by atoms with Crippen molar-refractivity contribution in [1.29, 1.82) is 0 Å². The van der Waals surface area contributed by atoms with Crippen LogP contribution in [-0.2, 0) is 4.79 Å². The molecule has 0 saturated carbocycles. The van der Waals surface area contributed by atoms with Crippen LogP contribution in [-0.4, -0.2) is 56.6 Å². The molecule has 4 aromatic rings. The van der Waals surface area contributed by atoms with E-state index in [1.165, 1.54) is 10.8 Å². The maximum absolute atomic E-state index is 13.3. The molecule has 3 heterocycles. The summed E-state index contributed by atoms with van der Waals surface area (Å²) in [6, 6.07) is 17.4. The molecular weight excluding hydrogens is 516 g/mol. The van der Waals surface area contributed by atoms with Gasteiger partial charge in [0.2, 0.25) is 5.88 Å². The first-order valence-corrected chi connectivity index (χ1v) is 13.0. The fourth-order valence-electron chi connectivity index (χ4n) is 4.21. The molecular formula is C29H24N4O5S. The summed E-state index contributed by atoms with van der Waals surface area (Å²) < 4.78 is 6.70. The number of nitrogens with zero attached hydrogens (tertiary/aromatic N) is 4. The van der Waals surface area contributed by atoms with Crippen molar-refractivity contribution in [2.45, 2.75) is 6.92 Å². The summed E-state index contributed by atoms with van der Waals surface area (Å²) in [6.45, 7) is 2.58. The zero-order valence-electron chi connectivity index (χ0n) is 21.0. The van der Waals surface area contributed by atoms with Crippen LogP contribution in [0.15, 0.2) is 87.7 Å². The molecule has 2 amide bonds. The number of thioether (sulfide) groups is 1. The summed E-state index contributed by atoms with van der Waals surface area (Å²) in [5.41, 5.74) is 1.18. The zero-order valence-corrected chi connectivity index (χ0v) is 21.8. The predicted octanol–water partition coefficient (Wildman–Crippen LogP) is 4.65. The highest BCUT2D eigenvalue weighted by molar-refractivity contribution is 8.18. The van der Waals surface area contributed by atoms with Gasteiger partial charge in [-0.15, -0.1) is 0 Å². The summed E-state index contributed by atoms with van der Waals surface area (Å²) in [6.07, 6.45) is 6.34. The van der Waals surface area contributed by atoms with E-state index in [9.17, 15) is 19.5 Å². The van der Waals surface area contributed by atoms with Crippen LogP contribution in [0, 0.1) is 0 Å². The average molecular weight is 541 g/mol. The molecule has 2 aromatic heterocycles. The van der Waals surface area contributed by atoms with Crippen molar-refractivity contribution in [3.63, 3.8) is 0 Å². The number of aromatic hydroxyl groups is 1. The molecule has 9 nitrogen and oxygen atoms in total. The van der Waals surface area contributed by atoms with Crippen LogP contribution in [0.4, 0.5) is 4.79 Å². The predicted molar refractivity (Wildman–Crippen MR) is 152 cm³/mol. The number of hydrogen-bond acceptors (Lipinski definition) is 8. The maximum Gasteiger partial charge on any atom is 0.293 e. The third kappa shape index (κ3) is 5.32. The van der Waals surface area contributed by atoms with Gasteiger partial charge in [-0.1, -0.05) is 24.3 Å². The van der Waals surface area contributed by atoms with Gasteiger partial charge >= 0.3 is 0 Å². The maximum atomic E-state index is 13.3. The molecule has 0 spiro atoms. The molecule has 39 heavy (non-hydrogen) atoms. The molecule has 196 valence electrons. The van der Waals surface area contributed by atoms with E-state index in [4.69, 9.17) is 4.74 Å². The highest BCUT2D eigenvalue weighted by Gasteiger charge is 2.34. The SMILES string of the molecule is CCOc1ccc(-n2c(O)c(C=NCCN3C(=O)S/C(=C/c4cccnc4)C3=O)c3ccccc3c2=O)cc1. The van der Waals surface area contributed by atoms with E-state index in [1.54, 1.807) is 79.1 Å². The third-order valence-corrected chi connectivity index (χ3v) is 6.95. The van der Waals surface area contributed by atoms with E-state index in [0.717, 1.165) is 22.2 Å². The largest absolute Gasteiger partial charge is 0.494 e. The number of aliphatic imine (C=N–C) groups is 1. The number of imide groups is 1. The molecule has 1 aliphatic rings. The van der Waals surface area contributed by atoms with Crippen molar-refractivity contribution in [3.05, 3.63) is 99.4 Å². The summed E-state index contributed by atoms with van der Waals surface area (Å²) in [4.78, 5) is 48.4. The molecule has 1 saturated heterocycles. The summed E-state index contributed by atoms with van der Waals surface area (Å²) in [7, 11) is 0. The number of amides is 2. The lowest BCUT2D eigenvalue weighted by molar-refractivity contribution is -0.122. The van der Waals surface area contributed by atoms with E-state index >= 15 is 0 Å². The molecule has 0 atom stereocenters.